The lowest BCUT2D eigenvalue weighted by Gasteiger charge is -2.14. The van der Waals surface area contributed by atoms with Gasteiger partial charge in [0.25, 0.3) is 0 Å². The van der Waals surface area contributed by atoms with Crippen LogP contribution in [0.2, 0.25) is 0 Å². The van der Waals surface area contributed by atoms with Crippen LogP contribution < -0.4 is 10.6 Å². The number of rotatable bonds is 4. The molecule has 1 saturated carbocycles. The minimum absolute atomic E-state index is 0.307. The Bertz CT molecular complexity index is 213. The molecule has 1 amide bonds. The highest BCUT2D eigenvalue weighted by Gasteiger charge is 2.30. The molecule has 14 heavy (non-hydrogen) atoms. The molecule has 0 aromatic heterocycles. The number of carbonyl (C=O) groups excluding carboxylic acids is 1. The summed E-state index contributed by atoms with van der Waals surface area (Å²) in [4.78, 5) is 11.1. The van der Waals surface area contributed by atoms with E-state index in [2.05, 4.69) is 5.32 Å². The Hall–Kier alpha value is -0.780. The largest absolute Gasteiger partial charge is 0.405 e. The van der Waals surface area contributed by atoms with Crippen molar-refractivity contribution in [3.63, 3.8) is 0 Å². The summed E-state index contributed by atoms with van der Waals surface area (Å²) < 4.78 is 35.2. The molecule has 0 saturated heterocycles. The number of alkyl halides is 3. The van der Waals surface area contributed by atoms with Gasteiger partial charge in [-0.15, -0.1) is 0 Å². The van der Waals surface area contributed by atoms with E-state index in [1.165, 1.54) is 0 Å². The highest BCUT2D eigenvalue weighted by molar-refractivity contribution is 5.81. The van der Waals surface area contributed by atoms with E-state index in [1.807, 2.05) is 5.32 Å². The lowest BCUT2D eigenvalue weighted by molar-refractivity contribution is -0.139. The Kier molecular flexibility index (Phi) is 3.36. The third kappa shape index (κ3) is 4.45. The molecule has 2 N–H and O–H groups in total. The van der Waals surface area contributed by atoms with Crippen LogP contribution in [0.3, 0.4) is 0 Å². The third-order valence-corrected chi connectivity index (χ3v) is 1.92. The first kappa shape index (κ1) is 11.3. The van der Waals surface area contributed by atoms with Gasteiger partial charge in [0, 0.05) is 6.04 Å². The second-order valence-electron chi connectivity index (χ2n) is 3.50. The predicted molar refractivity (Wildman–Crippen MR) is 44.7 cm³/mol. The minimum atomic E-state index is -4.34. The van der Waals surface area contributed by atoms with Crippen molar-refractivity contribution in [2.45, 2.75) is 38.0 Å². The van der Waals surface area contributed by atoms with Crippen LogP contribution in [0, 0.1) is 0 Å². The molecule has 0 heterocycles. The van der Waals surface area contributed by atoms with Gasteiger partial charge in [-0.1, -0.05) is 0 Å². The Morgan fingerprint density at radius 2 is 2.07 bits per heavy atom. The van der Waals surface area contributed by atoms with E-state index in [0.717, 1.165) is 12.8 Å². The van der Waals surface area contributed by atoms with Crippen LogP contribution in [-0.4, -0.2) is 30.7 Å². The molecule has 1 aliphatic carbocycles. The van der Waals surface area contributed by atoms with E-state index in [4.69, 9.17) is 0 Å². The van der Waals surface area contributed by atoms with Crippen LogP contribution in [0.15, 0.2) is 0 Å². The molecule has 1 unspecified atom stereocenters. The maximum Gasteiger partial charge on any atom is 0.405 e. The molecule has 82 valence electrons. The van der Waals surface area contributed by atoms with Gasteiger partial charge in [0.1, 0.15) is 6.54 Å². The van der Waals surface area contributed by atoms with E-state index in [-0.39, 0.29) is 0 Å². The maximum atomic E-state index is 11.7. The van der Waals surface area contributed by atoms with Crippen LogP contribution in [-0.2, 0) is 4.79 Å². The molecule has 0 aromatic rings. The highest BCUT2D eigenvalue weighted by Crippen LogP contribution is 2.19. The van der Waals surface area contributed by atoms with Crippen LogP contribution in [0.5, 0.6) is 0 Å². The number of hydrogen-bond acceptors (Lipinski definition) is 2. The van der Waals surface area contributed by atoms with Crippen LogP contribution >= 0.6 is 0 Å². The summed E-state index contributed by atoms with van der Waals surface area (Å²) in [6.45, 7) is 0.298. The van der Waals surface area contributed by atoms with Crippen molar-refractivity contribution in [1.82, 2.24) is 10.6 Å². The van der Waals surface area contributed by atoms with E-state index < -0.39 is 24.7 Å². The van der Waals surface area contributed by atoms with Crippen molar-refractivity contribution in [3.05, 3.63) is 0 Å². The molecule has 0 bridgehead atoms. The Morgan fingerprint density at radius 1 is 1.50 bits per heavy atom. The molecule has 1 fully saturated rings. The number of hydrogen-bond donors (Lipinski definition) is 2. The van der Waals surface area contributed by atoms with Gasteiger partial charge in [-0.05, 0) is 19.8 Å². The molecular weight excluding hydrogens is 197 g/mol. The topological polar surface area (TPSA) is 41.1 Å². The molecule has 3 nitrogen and oxygen atoms in total. The van der Waals surface area contributed by atoms with Gasteiger partial charge < -0.3 is 10.6 Å². The zero-order valence-corrected chi connectivity index (χ0v) is 7.82. The van der Waals surface area contributed by atoms with Crippen molar-refractivity contribution >= 4 is 5.91 Å². The number of nitrogens with one attached hydrogen (secondary N) is 2. The van der Waals surface area contributed by atoms with Gasteiger partial charge >= 0.3 is 6.18 Å². The molecular formula is C8H13F3N2O. The number of halogens is 3. The van der Waals surface area contributed by atoms with Gasteiger partial charge in [-0.3, -0.25) is 4.79 Å². The van der Waals surface area contributed by atoms with E-state index in [0.29, 0.717) is 6.04 Å². The van der Waals surface area contributed by atoms with Crippen molar-refractivity contribution in [3.8, 4) is 0 Å². The molecule has 0 radical (unpaired) electrons. The smallest absolute Gasteiger partial charge is 0.346 e. The lowest BCUT2D eigenvalue weighted by Crippen LogP contribution is -2.45. The van der Waals surface area contributed by atoms with E-state index in [1.54, 1.807) is 6.92 Å². The summed E-state index contributed by atoms with van der Waals surface area (Å²) in [6, 6.07) is -0.244. The summed E-state index contributed by atoms with van der Waals surface area (Å²) >= 11 is 0. The lowest BCUT2D eigenvalue weighted by atomic mass is 10.3. The second-order valence-corrected chi connectivity index (χ2v) is 3.50. The fraction of sp³-hybridized carbons (Fsp3) is 0.875. The molecule has 1 atom stereocenters. The fourth-order valence-corrected chi connectivity index (χ4v) is 1.02. The SMILES string of the molecule is CC(NC1CC1)C(=O)NCC(F)(F)F. The van der Waals surface area contributed by atoms with Crippen LogP contribution in [0.1, 0.15) is 19.8 Å². The summed E-state index contributed by atoms with van der Waals surface area (Å²) in [5, 5.41) is 4.74. The normalized spacial score (nSPS) is 19.1. The Balaban J connectivity index is 2.19. The summed E-state index contributed by atoms with van der Waals surface area (Å²) in [6.07, 6.45) is -2.34. The highest BCUT2D eigenvalue weighted by atomic mass is 19.4. The zero-order chi connectivity index (χ0) is 10.8. The summed E-state index contributed by atoms with van der Waals surface area (Å²) in [5.41, 5.74) is 0. The second kappa shape index (κ2) is 4.16. The van der Waals surface area contributed by atoms with Crippen molar-refractivity contribution in [2.75, 3.05) is 6.54 Å². The van der Waals surface area contributed by atoms with Gasteiger partial charge in [0.15, 0.2) is 0 Å². The molecule has 1 rings (SSSR count). The Labute approximate surface area is 80.0 Å². The van der Waals surface area contributed by atoms with Gasteiger partial charge in [-0.25, -0.2) is 0 Å². The number of amides is 1. The van der Waals surface area contributed by atoms with Crippen LogP contribution in [0.25, 0.3) is 0 Å². The first-order valence-corrected chi connectivity index (χ1v) is 4.49. The number of carbonyl (C=O) groups is 1. The van der Waals surface area contributed by atoms with Crippen molar-refractivity contribution < 1.29 is 18.0 Å². The third-order valence-electron chi connectivity index (χ3n) is 1.92. The molecule has 6 heteroatoms. The summed E-state index contributed by atoms with van der Waals surface area (Å²) in [5.74, 6) is -0.603. The van der Waals surface area contributed by atoms with Gasteiger partial charge in [0.2, 0.25) is 5.91 Å². The monoisotopic (exact) mass is 210 g/mol. The Morgan fingerprint density at radius 3 is 2.50 bits per heavy atom. The van der Waals surface area contributed by atoms with Gasteiger partial charge in [-0.2, -0.15) is 13.2 Å². The fourth-order valence-electron chi connectivity index (χ4n) is 1.02. The molecule has 0 spiro atoms. The quantitative estimate of drug-likeness (QED) is 0.720. The standard InChI is InChI=1S/C8H13F3N2O/c1-5(13-6-2-3-6)7(14)12-4-8(9,10)11/h5-6,13H,2-4H2,1H3,(H,12,14). The van der Waals surface area contributed by atoms with Gasteiger partial charge in [0.05, 0.1) is 6.04 Å². The summed E-state index contributed by atoms with van der Waals surface area (Å²) in [7, 11) is 0. The van der Waals surface area contributed by atoms with Crippen LogP contribution in [0.4, 0.5) is 13.2 Å². The molecule has 0 aromatic carbocycles. The molecule has 1 aliphatic rings. The minimum Gasteiger partial charge on any atom is -0.346 e. The van der Waals surface area contributed by atoms with E-state index >= 15 is 0 Å². The first-order chi connectivity index (χ1) is 6.38. The first-order valence-electron chi connectivity index (χ1n) is 4.49. The average Bonchev–Trinajstić information content (AvgIpc) is 2.82. The maximum absolute atomic E-state index is 11.7. The zero-order valence-electron chi connectivity index (χ0n) is 7.82. The molecule has 0 aliphatic heterocycles. The van der Waals surface area contributed by atoms with Crippen molar-refractivity contribution in [2.24, 2.45) is 0 Å². The average molecular weight is 210 g/mol. The van der Waals surface area contributed by atoms with Crippen molar-refractivity contribution in [1.29, 1.82) is 0 Å². The van der Waals surface area contributed by atoms with E-state index in [9.17, 15) is 18.0 Å². The predicted octanol–water partition coefficient (Wildman–Crippen LogP) is 0.805.